The molecular formula is C18H25N5O2. The molecule has 1 aliphatic heterocycles. The molecule has 0 bridgehead atoms. The van der Waals surface area contributed by atoms with E-state index in [1.54, 1.807) is 12.1 Å². The zero-order chi connectivity index (χ0) is 17.6. The molecule has 2 aromatic rings. The molecule has 0 N–H and O–H groups in total. The fourth-order valence-corrected chi connectivity index (χ4v) is 3.26. The van der Waals surface area contributed by atoms with Gasteiger partial charge in [0, 0.05) is 76.8 Å². The summed E-state index contributed by atoms with van der Waals surface area (Å²) in [5.41, 5.74) is 1.28. The van der Waals surface area contributed by atoms with Gasteiger partial charge in [0.2, 0.25) is 0 Å². The van der Waals surface area contributed by atoms with Gasteiger partial charge < -0.3 is 4.57 Å². The molecule has 1 saturated heterocycles. The van der Waals surface area contributed by atoms with Crippen LogP contribution in [-0.4, -0.2) is 57.0 Å². The summed E-state index contributed by atoms with van der Waals surface area (Å²) in [4.78, 5) is 19.6. The number of hydrogen-bond acceptors (Lipinski definition) is 5. The van der Waals surface area contributed by atoms with Gasteiger partial charge in [-0.05, 0) is 5.56 Å². The number of hydrogen-bond donors (Lipinski definition) is 0. The number of nitro benzene ring substituents is 1. The van der Waals surface area contributed by atoms with Crippen molar-refractivity contribution in [3.63, 3.8) is 0 Å². The monoisotopic (exact) mass is 343 g/mol. The number of nitrogens with zero attached hydrogens (tertiary/aromatic N) is 5. The van der Waals surface area contributed by atoms with Crippen LogP contribution in [-0.2, 0) is 19.5 Å². The van der Waals surface area contributed by atoms with Crippen molar-refractivity contribution in [1.29, 1.82) is 0 Å². The molecule has 3 rings (SSSR count). The highest BCUT2D eigenvalue weighted by Gasteiger charge is 2.17. The Labute approximate surface area is 148 Å². The van der Waals surface area contributed by atoms with Crippen LogP contribution in [0.4, 0.5) is 5.69 Å². The second-order valence-electron chi connectivity index (χ2n) is 6.43. The predicted octanol–water partition coefficient (Wildman–Crippen LogP) is 2.17. The molecule has 25 heavy (non-hydrogen) atoms. The number of rotatable bonds is 7. The summed E-state index contributed by atoms with van der Waals surface area (Å²) in [6.45, 7) is 9.21. The van der Waals surface area contributed by atoms with E-state index in [0.717, 1.165) is 63.6 Å². The Kier molecular flexibility index (Phi) is 5.78. The Morgan fingerprint density at radius 2 is 1.76 bits per heavy atom. The van der Waals surface area contributed by atoms with Crippen LogP contribution >= 0.6 is 0 Å². The van der Waals surface area contributed by atoms with Crippen molar-refractivity contribution in [2.45, 2.75) is 26.4 Å². The molecule has 0 radical (unpaired) electrons. The average molecular weight is 343 g/mol. The quantitative estimate of drug-likeness (QED) is 0.569. The zero-order valence-electron chi connectivity index (χ0n) is 14.7. The molecule has 0 aliphatic carbocycles. The molecule has 134 valence electrons. The first-order valence-electron chi connectivity index (χ1n) is 8.83. The van der Waals surface area contributed by atoms with Crippen LogP contribution in [0.5, 0.6) is 0 Å². The summed E-state index contributed by atoms with van der Waals surface area (Å²) >= 11 is 0. The molecule has 2 heterocycles. The van der Waals surface area contributed by atoms with Crippen molar-refractivity contribution in [3.8, 4) is 0 Å². The minimum Gasteiger partial charge on any atom is -0.334 e. The van der Waals surface area contributed by atoms with Crippen molar-refractivity contribution < 1.29 is 4.92 Å². The molecule has 0 amide bonds. The standard InChI is InChI=1S/C18H25N5O2/c1-2-18-19-7-8-22(18)14-13-20-9-11-21(12-10-20)15-16-3-5-17(6-4-16)23(24)25/h3-8H,2,9-15H2,1H3. The van der Waals surface area contributed by atoms with E-state index in [-0.39, 0.29) is 10.6 Å². The summed E-state index contributed by atoms with van der Waals surface area (Å²) in [6, 6.07) is 6.88. The minimum absolute atomic E-state index is 0.152. The highest BCUT2D eigenvalue weighted by atomic mass is 16.6. The number of benzene rings is 1. The first-order chi connectivity index (χ1) is 12.2. The molecule has 7 nitrogen and oxygen atoms in total. The van der Waals surface area contributed by atoms with Crippen molar-refractivity contribution in [2.75, 3.05) is 32.7 Å². The minimum atomic E-state index is -0.354. The van der Waals surface area contributed by atoms with E-state index < -0.39 is 0 Å². The second kappa shape index (κ2) is 8.22. The van der Waals surface area contributed by atoms with Crippen LogP contribution in [0, 0.1) is 10.1 Å². The van der Waals surface area contributed by atoms with E-state index >= 15 is 0 Å². The number of piperazine rings is 1. The predicted molar refractivity (Wildman–Crippen MR) is 96.4 cm³/mol. The van der Waals surface area contributed by atoms with Gasteiger partial charge in [0.25, 0.3) is 5.69 Å². The molecule has 0 saturated carbocycles. The lowest BCUT2D eigenvalue weighted by Crippen LogP contribution is -2.46. The third kappa shape index (κ3) is 4.64. The van der Waals surface area contributed by atoms with Gasteiger partial charge in [-0.3, -0.25) is 19.9 Å². The highest BCUT2D eigenvalue weighted by molar-refractivity contribution is 5.32. The SMILES string of the molecule is CCc1nccn1CCN1CCN(Cc2ccc([N+](=O)[O-])cc2)CC1. The maximum absolute atomic E-state index is 10.7. The van der Waals surface area contributed by atoms with Crippen molar-refractivity contribution in [2.24, 2.45) is 0 Å². The Morgan fingerprint density at radius 1 is 1.08 bits per heavy atom. The van der Waals surface area contributed by atoms with Crippen molar-refractivity contribution in [1.82, 2.24) is 19.4 Å². The van der Waals surface area contributed by atoms with Gasteiger partial charge in [0.05, 0.1) is 4.92 Å². The van der Waals surface area contributed by atoms with Crippen LogP contribution in [0.3, 0.4) is 0 Å². The lowest BCUT2D eigenvalue weighted by molar-refractivity contribution is -0.384. The molecule has 0 spiro atoms. The van der Waals surface area contributed by atoms with E-state index in [1.165, 1.54) is 0 Å². The van der Waals surface area contributed by atoms with Gasteiger partial charge in [-0.15, -0.1) is 0 Å². The van der Waals surface area contributed by atoms with Gasteiger partial charge >= 0.3 is 0 Å². The molecule has 1 fully saturated rings. The third-order valence-corrected chi connectivity index (χ3v) is 4.79. The summed E-state index contributed by atoms with van der Waals surface area (Å²) < 4.78 is 2.24. The fraction of sp³-hybridized carbons (Fsp3) is 0.500. The van der Waals surface area contributed by atoms with Gasteiger partial charge in [0.1, 0.15) is 5.82 Å². The van der Waals surface area contributed by atoms with Crippen LogP contribution in [0.1, 0.15) is 18.3 Å². The van der Waals surface area contributed by atoms with Crippen molar-refractivity contribution >= 4 is 5.69 Å². The molecule has 7 heteroatoms. The summed E-state index contributed by atoms with van der Waals surface area (Å²) in [7, 11) is 0. The van der Waals surface area contributed by atoms with Crippen LogP contribution in [0.25, 0.3) is 0 Å². The Bertz CT molecular complexity index is 690. The van der Waals surface area contributed by atoms with E-state index in [1.807, 2.05) is 18.3 Å². The van der Waals surface area contributed by atoms with Crippen LogP contribution in [0.2, 0.25) is 0 Å². The van der Waals surface area contributed by atoms with Crippen LogP contribution in [0.15, 0.2) is 36.7 Å². The molecular weight excluding hydrogens is 318 g/mol. The number of non-ortho nitro benzene ring substituents is 1. The maximum Gasteiger partial charge on any atom is 0.269 e. The van der Waals surface area contributed by atoms with Gasteiger partial charge in [-0.25, -0.2) is 4.98 Å². The number of imidazole rings is 1. The Hall–Kier alpha value is -2.25. The van der Waals surface area contributed by atoms with E-state index in [2.05, 4.69) is 32.5 Å². The lowest BCUT2D eigenvalue weighted by Gasteiger charge is -2.34. The number of nitro groups is 1. The topological polar surface area (TPSA) is 67.4 Å². The van der Waals surface area contributed by atoms with Crippen LogP contribution < -0.4 is 0 Å². The smallest absolute Gasteiger partial charge is 0.269 e. The first-order valence-corrected chi connectivity index (χ1v) is 8.83. The maximum atomic E-state index is 10.7. The molecule has 1 aliphatic rings. The molecule has 1 aromatic heterocycles. The molecule has 0 atom stereocenters. The van der Waals surface area contributed by atoms with Gasteiger partial charge in [-0.1, -0.05) is 19.1 Å². The lowest BCUT2D eigenvalue weighted by atomic mass is 10.2. The number of aryl methyl sites for hydroxylation is 1. The van der Waals surface area contributed by atoms with Gasteiger partial charge in [-0.2, -0.15) is 0 Å². The van der Waals surface area contributed by atoms with E-state index in [9.17, 15) is 10.1 Å². The summed E-state index contributed by atoms with van der Waals surface area (Å²) in [5.74, 6) is 1.15. The Balaban J connectivity index is 1.43. The van der Waals surface area contributed by atoms with E-state index in [0.29, 0.717) is 0 Å². The average Bonchev–Trinajstić information content (AvgIpc) is 3.09. The first kappa shape index (κ1) is 17.6. The molecule has 1 aromatic carbocycles. The molecule has 0 unspecified atom stereocenters. The van der Waals surface area contributed by atoms with Gasteiger partial charge in [0.15, 0.2) is 0 Å². The largest absolute Gasteiger partial charge is 0.334 e. The van der Waals surface area contributed by atoms with E-state index in [4.69, 9.17) is 0 Å². The summed E-state index contributed by atoms with van der Waals surface area (Å²) in [5, 5.41) is 10.7. The number of aromatic nitrogens is 2. The third-order valence-electron chi connectivity index (χ3n) is 4.79. The normalized spacial score (nSPS) is 16.2. The zero-order valence-corrected chi connectivity index (χ0v) is 14.7. The summed E-state index contributed by atoms with van der Waals surface area (Å²) in [6.07, 6.45) is 4.90. The fourth-order valence-electron chi connectivity index (χ4n) is 3.26. The Morgan fingerprint density at radius 3 is 2.40 bits per heavy atom. The van der Waals surface area contributed by atoms with Crippen molar-refractivity contribution in [3.05, 3.63) is 58.2 Å². The highest BCUT2D eigenvalue weighted by Crippen LogP contribution is 2.14. The second-order valence-corrected chi connectivity index (χ2v) is 6.43.